The first kappa shape index (κ1) is 30.9. The third kappa shape index (κ3) is 5.08. The molecule has 0 fully saturated rings. The average molecular weight is 691 g/mol. The lowest BCUT2D eigenvalue weighted by molar-refractivity contribution is 0.669. The average Bonchev–Trinajstić information content (AvgIpc) is 3.78. The molecule has 3 heterocycles. The van der Waals surface area contributed by atoms with E-state index in [0.29, 0.717) is 28.7 Å². The molecule has 250 valence electrons. The maximum Gasteiger partial charge on any atom is 0.189 e. The molecule has 0 spiro atoms. The Labute approximate surface area is 309 Å². The monoisotopic (exact) mass is 690 g/mol. The van der Waals surface area contributed by atoms with E-state index >= 15 is 0 Å². The molecule has 0 bridgehead atoms. The zero-order valence-corrected chi connectivity index (χ0v) is 28.6. The molecule has 0 aliphatic rings. The minimum atomic E-state index is 0.488. The summed E-state index contributed by atoms with van der Waals surface area (Å²) in [5.41, 5.74) is 9.66. The highest BCUT2D eigenvalue weighted by Crippen LogP contribution is 2.40. The number of hydrogen-bond acceptors (Lipinski definition) is 5. The fourth-order valence-corrected chi connectivity index (χ4v) is 7.33. The number of benzene rings is 7. The van der Waals surface area contributed by atoms with Gasteiger partial charge in [0, 0.05) is 43.8 Å². The standard InChI is InChI=1S/C47H26N6O/c1-49-34-19-21-36-35-20-16-29(28-48)24-41(35)53(42(36)27-34)40-22-17-32(33-18-23-44-38(25-33)37-14-8-9-15-43(37)54-44)26-39(40)47-51-45(30-10-4-2-5-11-30)50-46(52-47)31-12-6-3-7-13-31/h2-27H. The number of rotatable bonds is 5. The van der Waals surface area contributed by atoms with Gasteiger partial charge in [0.05, 0.1) is 29.4 Å². The van der Waals surface area contributed by atoms with E-state index in [4.69, 9.17) is 25.9 Å². The Morgan fingerprint density at radius 1 is 0.519 bits per heavy atom. The largest absolute Gasteiger partial charge is 0.456 e. The topological polar surface area (TPSA) is 84.9 Å². The van der Waals surface area contributed by atoms with Crippen LogP contribution in [0.3, 0.4) is 0 Å². The van der Waals surface area contributed by atoms with Crippen LogP contribution < -0.4 is 0 Å². The van der Waals surface area contributed by atoms with Gasteiger partial charge in [-0.25, -0.2) is 19.8 Å². The molecule has 0 saturated carbocycles. The molecule has 0 aliphatic carbocycles. The van der Waals surface area contributed by atoms with Gasteiger partial charge in [-0.2, -0.15) is 5.26 Å². The lowest BCUT2D eigenvalue weighted by Crippen LogP contribution is -2.04. The SMILES string of the molecule is [C-]#[N+]c1ccc2c3ccc(C#N)cc3n(-c3ccc(-c4ccc5oc6ccccc6c5c4)cc3-c3nc(-c4ccccc4)nc(-c4ccccc4)n3)c2c1. The molecule has 10 aromatic rings. The molecule has 0 atom stereocenters. The molecule has 0 unspecified atom stereocenters. The van der Waals surface area contributed by atoms with Crippen LogP contribution in [0, 0.1) is 17.9 Å². The molecule has 3 aromatic heterocycles. The highest BCUT2D eigenvalue weighted by molar-refractivity contribution is 6.11. The molecule has 10 rings (SSSR count). The number of nitrogens with zero attached hydrogens (tertiary/aromatic N) is 6. The number of fused-ring (bicyclic) bond motifs is 6. The van der Waals surface area contributed by atoms with Gasteiger partial charge in [-0.1, -0.05) is 109 Å². The van der Waals surface area contributed by atoms with Crippen molar-refractivity contribution in [1.29, 1.82) is 5.26 Å². The predicted octanol–water partition coefficient (Wildman–Crippen LogP) is 12.0. The van der Waals surface area contributed by atoms with Crippen LogP contribution >= 0.6 is 0 Å². The molecular formula is C47H26N6O. The molecule has 7 aromatic carbocycles. The highest BCUT2D eigenvalue weighted by atomic mass is 16.3. The maximum absolute atomic E-state index is 9.98. The Morgan fingerprint density at radius 3 is 1.85 bits per heavy atom. The summed E-state index contributed by atoms with van der Waals surface area (Å²) in [6.07, 6.45) is 0. The number of furan rings is 1. The van der Waals surface area contributed by atoms with E-state index in [1.165, 1.54) is 0 Å². The fourth-order valence-electron chi connectivity index (χ4n) is 7.33. The fraction of sp³-hybridized carbons (Fsp3) is 0. The smallest absolute Gasteiger partial charge is 0.189 e. The number of nitriles is 1. The Hall–Kier alpha value is -7.87. The van der Waals surface area contributed by atoms with Crippen molar-refractivity contribution in [2.45, 2.75) is 0 Å². The van der Waals surface area contributed by atoms with Gasteiger partial charge in [-0.15, -0.1) is 0 Å². The Morgan fingerprint density at radius 2 is 1.13 bits per heavy atom. The highest BCUT2D eigenvalue weighted by Gasteiger charge is 2.21. The molecular weight excluding hydrogens is 665 g/mol. The predicted molar refractivity (Wildman–Crippen MR) is 214 cm³/mol. The van der Waals surface area contributed by atoms with Crippen LogP contribution in [0.4, 0.5) is 5.69 Å². The normalized spacial score (nSPS) is 11.3. The van der Waals surface area contributed by atoms with Crippen molar-refractivity contribution in [2.75, 3.05) is 0 Å². The van der Waals surface area contributed by atoms with E-state index in [9.17, 15) is 5.26 Å². The second-order valence-corrected chi connectivity index (χ2v) is 13.1. The minimum Gasteiger partial charge on any atom is -0.456 e. The molecule has 0 saturated heterocycles. The van der Waals surface area contributed by atoms with Crippen LogP contribution in [0.15, 0.2) is 162 Å². The van der Waals surface area contributed by atoms with Crippen molar-refractivity contribution >= 4 is 49.4 Å². The maximum atomic E-state index is 9.98. The van der Waals surface area contributed by atoms with Gasteiger partial charge >= 0.3 is 0 Å². The molecule has 0 aliphatic heterocycles. The molecule has 7 heteroatoms. The van der Waals surface area contributed by atoms with Crippen LogP contribution in [0.25, 0.3) is 99.6 Å². The van der Waals surface area contributed by atoms with E-state index in [1.54, 1.807) is 0 Å². The third-order valence-corrected chi connectivity index (χ3v) is 9.90. The summed E-state index contributed by atoms with van der Waals surface area (Å²) in [5.74, 6) is 1.58. The summed E-state index contributed by atoms with van der Waals surface area (Å²) >= 11 is 0. The van der Waals surface area contributed by atoms with E-state index in [2.05, 4.69) is 51.9 Å². The van der Waals surface area contributed by atoms with Gasteiger partial charge in [0.15, 0.2) is 23.2 Å². The van der Waals surface area contributed by atoms with Gasteiger partial charge in [0.25, 0.3) is 0 Å². The van der Waals surface area contributed by atoms with Crippen molar-refractivity contribution in [3.8, 4) is 57.0 Å². The van der Waals surface area contributed by atoms with Crippen molar-refractivity contribution in [1.82, 2.24) is 19.5 Å². The number of para-hydroxylation sites is 1. The molecule has 7 nitrogen and oxygen atoms in total. The van der Waals surface area contributed by atoms with Crippen molar-refractivity contribution in [3.63, 3.8) is 0 Å². The Bertz CT molecular complexity index is 3060. The molecule has 0 N–H and O–H groups in total. The lowest BCUT2D eigenvalue weighted by atomic mass is 9.99. The summed E-state index contributed by atoms with van der Waals surface area (Å²) in [4.78, 5) is 19.1. The van der Waals surface area contributed by atoms with E-state index in [0.717, 1.165) is 77.2 Å². The summed E-state index contributed by atoms with van der Waals surface area (Å²) in [5, 5.41) is 14.0. The van der Waals surface area contributed by atoms with Crippen molar-refractivity contribution in [2.24, 2.45) is 0 Å². The Kier molecular flexibility index (Phi) is 7.11. The second-order valence-electron chi connectivity index (χ2n) is 13.1. The molecule has 0 amide bonds. The van der Waals surface area contributed by atoms with Crippen LogP contribution in [-0.2, 0) is 0 Å². The summed E-state index contributed by atoms with van der Waals surface area (Å²) in [6, 6.07) is 54.2. The van der Waals surface area contributed by atoms with Gasteiger partial charge in [-0.3, -0.25) is 0 Å². The van der Waals surface area contributed by atoms with Gasteiger partial charge in [-0.05, 0) is 59.7 Å². The minimum absolute atomic E-state index is 0.488. The number of aromatic nitrogens is 4. The van der Waals surface area contributed by atoms with Gasteiger partial charge in [0.1, 0.15) is 11.2 Å². The zero-order chi connectivity index (χ0) is 36.2. The lowest BCUT2D eigenvalue weighted by Gasteiger charge is -2.16. The number of hydrogen-bond donors (Lipinski definition) is 0. The first-order valence-corrected chi connectivity index (χ1v) is 17.4. The third-order valence-electron chi connectivity index (χ3n) is 9.90. The summed E-state index contributed by atoms with van der Waals surface area (Å²) in [6.45, 7) is 7.84. The van der Waals surface area contributed by atoms with Gasteiger partial charge < -0.3 is 8.98 Å². The second kappa shape index (κ2) is 12.4. The Balaban J connectivity index is 1.30. The van der Waals surface area contributed by atoms with Gasteiger partial charge in [0.2, 0.25) is 0 Å². The quantitative estimate of drug-likeness (QED) is 0.168. The summed E-state index contributed by atoms with van der Waals surface area (Å²) < 4.78 is 8.29. The zero-order valence-electron chi connectivity index (χ0n) is 28.6. The van der Waals surface area contributed by atoms with E-state index in [-0.39, 0.29) is 0 Å². The first-order chi connectivity index (χ1) is 26.6. The van der Waals surface area contributed by atoms with Crippen molar-refractivity contribution in [3.05, 3.63) is 175 Å². The van der Waals surface area contributed by atoms with Crippen LogP contribution in [0.2, 0.25) is 0 Å². The van der Waals surface area contributed by atoms with Crippen LogP contribution in [-0.4, -0.2) is 19.5 Å². The molecule has 54 heavy (non-hydrogen) atoms. The van der Waals surface area contributed by atoms with E-state index < -0.39 is 0 Å². The van der Waals surface area contributed by atoms with E-state index in [1.807, 2.05) is 121 Å². The van der Waals surface area contributed by atoms with Crippen LogP contribution in [0.1, 0.15) is 5.56 Å². The summed E-state index contributed by atoms with van der Waals surface area (Å²) in [7, 11) is 0. The first-order valence-electron chi connectivity index (χ1n) is 17.4. The van der Waals surface area contributed by atoms with Crippen molar-refractivity contribution < 1.29 is 4.42 Å². The van der Waals surface area contributed by atoms with Crippen LogP contribution in [0.5, 0.6) is 0 Å². The molecule has 0 radical (unpaired) electrons.